The SMILES string of the molecule is O=C(Nn1cc2snc(-c3cccc(Cl)c3)c2n1)c1ccccc1. The maximum absolute atomic E-state index is 12.2. The fraction of sp³-hybridized carbons (Fsp3) is 0. The number of aromatic nitrogens is 3. The van der Waals surface area contributed by atoms with Crippen LogP contribution in [0.2, 0.25) is 5.02 Å². The normalized spacial score (nSPS) is 10.9. The van der Waals surface area contributed by atoms with Crippen molar-refractivity contribution >= 4 is 39.3 Å². The molecule has 4 aromatic rings. The minimum Gasteiger partial charge on any atom is -0.267 e. The van der Waals surface area contributed by atoms with Crippen LogP contribution in [-0.2, 0) is 0 Å². The smallest absolute Gasteiger partial charge is 0.267 e. The van der Waals surface area contributed by atoms with Crippen LogP contribution in [0.15, 0.2) is 60.8 Å². The van der Waals surface area contributed by atoms with Gasteiger partial charge in [0.15, 0.2) is 0 Å². The van der Waals surface area contributed by atoms with Crippen LogP contribution in [0.4, 0.5) is 0 Å². The number of carbonyl (C=O) groups is 1. The number of benzene rings is 2. The second-order valence-electron chi connectivity index (χ2n) is 5.14. The molecule has 0 unspecified atom stereocenters. The Morgan fingerprint density at radius 3 is 2.75 bits per heavy atom. The van der Waals surface area contributed by atoms with E-state index in [0.717, 1.165) is 21.5 Å². The van der Waals surface area contributed by atoms with Crippen LogP contribution in [0.1, 0.15) is 10.4 Å². The first-order valence-corrected chi connectivity index (χ1v) is 8.33. The van der Waals surface area contributed by atoms with E-state index in [-0.39, 0.29) is 5.91 Å². The molecule has 4 rings (SSSR count). The third-order valence-electron chi connectivity index (χ3n) is 3.49. The summed E-state index contributed by atoms with van der Waals surface area (Å²) in [6, 6.07) is 16.5. The van der Waals surface area contributed by atoms with E-state index in [1.165, 1.54) is 16.3 Å². The summed E-state index contributed by atoms with van der Waals surface area (Å²) in [5, 5.41) is 5.08. The standard InChI is InChI=1S/C17H11ClN4OS/c18-13-8-4-7-12(9-13)15-16-14(24-21-15)10-22(19-16)20-17(23)11-5-2-1-3-6-11/h1-10H,(H,20,23). The summed E-state index contributed by atoms with van der Waals surface area (Å²) in [6.07, 6.45) is 1.75. The molecule has 7 heteroatoms. The van der Waals surface area contributed by atoms with Crippen molar-refractivity contribution in [2.24, 2.45) is 0 Å². The van der Waals surface area contributed by atoms with Crippen LogP contribution >= 0.6 is 23.1 Å². The fourth-order valence-electron chi connectivity index (χ4n) is 2.37. The van der Waals surface area contributed by atoms with Gasteiger partial charge in [0.25, 0.3) is 5.91 Å². The van der Waals surface area contributed by atoms with E-state index >= 15 is 0 Å². The number of fused-ring (bicyclic) bond motifs is 1. The molecular formula is C17H11ClN4OS. The summed E-state index contributed by atoms with van der Waals surface area (Å²) in [5.41, 5.74) is 5.70. The lowest BCUT2D eigenvalue weighted by Crippen LogP contribution is -2.23. The van der Waals surface area contributed by atoms with Crippen molar-refractivity contribution in [2.75, 3.05) is 5.43 Å². The van der Waals surface area contributed by atoms with E-state index in [4.69, 9.17) is 11.6 Å². The van der Waals surface area contributed by atoms with Crippen LogP contribution in [0, 0.1) is 0 Å². The van der Waals surface area contributed by atoms with Crippen molar-refractivity contribution < 1.29 is 4.79 Å². The lowest BCUT2D eigenvalue weighted by atomic mass is 10.1. The van der Waals surface area contributed by atoms with Crippen molar-refractivity contribution in [3.8, 4) is 11.3 Å². The lowest BCUT2D eigenvalue weighted by Gasteiger charge is -2.04. The number of halogens is 1. The number of nitrogens with zero attached hydrogens (tertiary/aromatic N) is 3. The van der Waals surface area contributed by atoms with Gasteiger partial charge in [-0.2, -0.15) is 9.16 Å². The Bertz CT molecular complexity index is 1030. The average molecular weight is 355 g/mol. The Morgan fingerprint density at radius 1 is 1.12 bits per heavy atom. The van der Waals surface area contributed by atoms with Gasteiger partial charge in [-0.15, -0.1) is 5.10 Å². The van der Waals surface area contributed by atoms with Crippen molar-refractivity contribution in [3.63, 3.8) is 0 Å². The maximum Gasteiger partial charge on any atom is 0.271 e. The van der Waals surface area contributed by atoms with Gasteiger partial charge in [-0.25, -0.2) is 5.43 Å². The molecule has 0 radical (unpaired) electrons. The Balaban J connectivity index is 1.66. The molecule has 0 fully saturated rings. The number of nitrogens with one attached hydrogen (secondary N) is 1. The minimum atomic E-state index is -0.219. The van der Waals surface area contributed by atoms with Gasteiger partial charge < -0.3 is 0 Å². The predicted octanol–water partition coefficient (Wildman–Crippen LogP) is 4.20. The summed E-state index contributed by atoms with van der Waals surface area (Å²) in [4.78, 5) is 13.6. The minimum absolute atomic E-state index is 0.219. The van der Waals surface area contributed by atoms with E-state index < -0.39 is 0 Å². The van der Waals surface area contributed by atoms with E-state index in [9.17, 15) is 4.79 Å². The van der Waals surface area contributed by atoms with Gasteiger partial charge in [-0.1, -0.05) is 41.9 Å². The van der Waals surface area contributed by atoms with Gasteiger partial charge >= 0.3 is 0 Å². The Kier molecular flexibility index (Phi) is 3.76. The second-order valence-corrected chi connectivity index (χ2v) is 6.38. The number of hydrogen-bond donors (Lipinski definition) is 1. The number of carbonyl (C=O) groups excluding carboxylic acids is 1. The molecule has 24 heavy (non-hydrogen) atoms. The van der Waals surface area contributed by atoms with Crippen LogP contribution in [-0.4, -0.2) is 20.2 Å². The highest BCUT2D eigenvalue weighted by Gasteiger charge is 2.14. The molecule has 0 spiro atoms. The summed E-state index contributed by atoms with van der Waals surface area (Å²) in [6.45, 7) is 0. The zero-order valence-electron chi connectivity index (χ0n) is 12.3. The van der Waals surface area contributed by atoms with Gasteiger partial charge in [-0.05, 0) is 35.8 Å². The zero-order valence-corrected chi connectivity index (χ0v) is 13.9. The summed E-state index contributed by atoms with van der Waals surface area (Å²) in [7, 11) is 0. The topological polar surface area (TPSA) is 59.8 Å². The van der Waals surface area contributed by atoms with Crippen LogP contribution < -0.4 is 5.43 Å². The molecule has 1 amide bonds. The average Bonchev–Trinajstić information content (AvgIpc) is 3.15. The molecule has 0 saturated heterocycles. The lowest BCUT2D eigenvalue weighted by molar-refractivity contribution is 0.101. The molecular weight excluding hydrogens is 344 g/mol. The highest BCUT2D eigenvalue weighted by molar-refractivity contribution is 7.13. The number of amides is 1. The maximum atomic E-state index is 12.2. The third kappa shape index (κ3) is 2.77. The molecule has 0 aliphatic rings. The Hall–Kier alpha value is -2.70. The fourth-order valence-corrected chi connectivity index (χ4v) is 3.31. The first-order valence-electron chi connectivity index (χ1n) is 7.18. The number of hydrogen-bond acceptors (Lipinski definition) is 4. The third-order valence-corrected chi connectivity index (χ3v) is 4.49. The van der Waals surface area contributed by atoms with Gasteiger partial charge in [0, 0.05) is 16.1 Å². The van der Waals surface area contributed by atoms with E-state index in [2.05, 4.69) is 14.9 Å². The molecule has 0 bridgehead atoms. The van der Waals surface area contributed by atoms with E-state index in [1.54, 1.807) is 18.3 Å². The summed E-state index contributed by atoms with van der Waals surface area (Å²) in [5.74, 6) is -0.219. The molecule has 0 aliphatic heterocycles. The van der Waals surface area contributed by atoms with Crippen LogP contribution in [0.25, 0.3) is 21.5 Å². The first-order chi connectivity index (χ1) is 11.7. The molecule has 0 aliphatic carbocycles. The second kappa shape index (κ2) is 6.07. The summed E-state index contributed by atoms with van der Waals surface area (Å²) >= 11 is 7.38. The molecule has 0 saturated carbocycles. The highest BCUT2D eigenvalue weighted by atomic mass is 35.5. The molecule has 2 heterocycles. The van der Waals surface area contributed by atoms with Gasteiger partial charge in [0.1, 0.15) is 11.2 Å². The molecule has 2 aromatic carbocycles. The van der Waals surface area contributed by atoms with Gasteiger partial charge in [0.05, 0.1) is 10.9 Å². The largest absolute Gasteiger partial charge is 0.271 e. The van der Waals surface area contributed by atoms with E-state index in [1.807, 2.05) is 42.5 Å². The Morgan fingerprint density at radius 2 is 1.96 bits per heavy atom. The highest BCUT2D eigenvalue weighted by Crippen LogP contribution is 2.30. The van der Waals surface area contributed by atoms with Gasteiger partial charge in [0.2, 0.25) is 0 Å². The van der Waals surface area contributed by atoms with Crippen molar-refractivity contribution in [1.82, 2.24) is 14.3 Å². The van der Waals surface area contributed by atoms with Crippen molar-refractivity contribution in [2.45, 2.75) is 0 Å². The molecule has 0 atom stereocenters. The monoisotopic (exact) mass is 354 g/mol. The van der Waals surface area contributed by atoms with Gasteiger partial charge in [-0.3, -0.25) is 4.79 Å². The zero-order chi connectivity index (χ0) is 16.5. The predicted molar refractivity (Wildman–Crippen MR) is 96.0 cm³/mol. The van der Waals surface area contributed by atoms with Crippen molar-refractivity contribution in [1.29, 1.82) is 0 Å². The molecule has 5 nitrogen and oxygen atoms in total. The molecule has 118 valence electrons. The van der Waals surface area contributed by atoms with E-state index in [0.29, 0.717) is 10.6 Å². The van der Waals surface area contributed by atoms with Crippen molar-refractivity contribution in [3.05, 3.63) is 71.4 Å². The van der Waals surface area contributed by atoms with Crippen LogP contribution in [0.3, 0.4) is 0 Å². The molecule has 2 aromatic heterocycles. The quantitative estimate of drug-likeness (QED) is 0.600. The number of rotatable bonds is 3. The molecule has 1 N–H and O–H groups in total. The Labute approximate surface area is 146 Å². The van der Waals surface area contributed by atoms with Crippen LogP contribution in [0.5, 0.6) is 0 Å². The first kappa shape index (κ1) is 14.9. The summed E-state index contributed by atoms with van der Waals surface area (Å²) < 4.78 is 5.33.